The van der Waals surface area contributed by atoms with Crippen LogP contribution < -0.4 is 19.6 Å². The van der Waals surface area contributed by atoms with Crippen molar-refractivity contribution >= 4 is 28.9 Å². The zero-order valence-electron chi connectivity index (χ0n) is 18.8. The Labute approximate surface area is 192 Å². The molecule has 0 aromatic heterocycles. The summed E-state index contributed by atoms with van der Waals surface area (Å²) in [5.41, 5.74) is 3.58. The van der Waals surface area contributed by atoms with Gasteiger partial charge in [-0.3, -0.25) is 4.79 Å². The fourth-order valence-electron chi connectivity index (χ4n) is 3.12. The molecule has 0 saturated carbocycles. The molecule has 0 spiro atoms. The maximum atomic E-state index is 12.7. The molecule has 3 rings (SSSR count). The molecule has 0 bridgehead atoms. The van der Waals surface area contributed by atoms with Gasteiger partial charge in [0.25, 0.3) is 5.91 Å². The lowest BCUT2D eigenvalue weighted by Gasteiger charge is -2.12. The molecule has 0 saturated heterocycles. The molecular weight excluding hydrogens is 424 g/mol. The largest absolute Gasteiger partial charge is 0.496 e. The summed E-state index contributed by atoms with van der Waals surface area (Å²) in [7, 11) is 1.52. The quantitative estimate of drug-likeness (QED) is 0.285. The lowest BCUT2D eigenvalue weighted by atomic mass is 10.1. The zero-order valence-corrected chi connectivity index (χ0v) is 18.8. The van der Waals surface area contributed by atoms with E-state index >= 15 is 0 Å². The number of methoxy groups -OCH3 is 1. The van der Waals surface area contributed by atoms with Crippen LogP contribution in [-0.4, -0.2) is 45.0 Å². The van der Waals surface area contributed by atoms with Crippen LogP contribution in [0.15, 0.2) is 59.7 Å². The zero-order chi connectivity index (χ0) is 23.6. The van der Waals surface area contributed by atoms with E-state index in [9.17, 15) is 9.59 Å². The minimum Gasteiger partial charge on any atom is -0.496 e. The Morgan fingerprint density at radius 1 is 0.909 bits per heavy atom. The van der Waals surface area contributed by atoms with Crippen LogP contribution in [0.2, 0.25) is 0 Å². The van der Waals surface area contributed by atoms with Crippen LogP contribution in [0.5, 0.6) is 17.2 Å². The molecule has 172 valence electrons. The predicted molar refractivity (Wildman–Crippen MR) is 125 cm³/mol. The Balaban J connectivity index is 1.71. The van der Waals surface area contributed by atoms with Crippen LogP contribution in [-0.2, 0) is 9.53 Å². The van der Waals surface area contributed by atoms with Crippen molar-refractivity contribution in [3.05, 3.63) is 65.7 Å². The summed E-state index contributed by atoms with van der Waals surface area (Å²) in [6.45, 7) is 4.05. The van der Waals surface area contributed by atoms with Crippen LogP contribution in [0.25, 0.3) is 10.8 Å². The molecule has 0 aliphatic carbocycles. The van der Waals surface area contributed by atoms with Crippen LogP contribution >= 0.6 is 0 Å². The van der Waals surface area contributed by atoms with E-state index in [0.29, 0.717) is 35.0 Å². The smallest absolute Gasteiger partial charge is 0.344 e. The average Bonchev–Trinajstić information content (AvgIpc) is 2.83. The first-order chi connectivity index (χ1) is 16.0. The second-order valence-corrected chi connectivity index (χ2v) is 6.83. The van der Waals surface area contributed by atoms with E-state index in [2.05, 4.69) is 10.5 Å². The Morgan fingerprint density at radius 2 is 1.67 bits per heavy atom. The molecule has 0 fully saturated rings. The van der Waals surface area contributed by atoms with Gasteiger partial charge in [0.2, 0.25) is 0 Å². The van der Waals surface area contributed by atoms with Gasteiger partial charge in [0, 0.05) is 0 Å². The normalized spacial score (nSPS) is 10.8. The third kappa shape index (κ3) is 6.22. The van der Waals surface area contributed by atoms with Gasteiger partial charge >= 0.3 is 5.97 Å². The number of nitrogens with zero attached hydrogens (tertiary/aromatic N) is 1. The molecule has 33 heavy (non-hydrogen) atoms. The standard InChI is InChI=1S/C25H26N2O6/c1-4-31-23-12-17(10-11-21(23)33-16-24(28)32-5-2)15-26-27-25(29)20-13-18-8-6-7-9-19(18)14-22(20)30-3/h6-15H,4-5,16H2,1-3H3,(H,27,29). The molecule has 3 aromatic rings. The van der Waals surface area contributed by atoms with Gasteiger partial charge in [0.1, 0.15) is 5.75 Å². The van der Waals surface area contributed by atoms with Crippen molar-refractivity contribution in [3.63, 3.8) is 0 Å². The molecule has 8 nitrogen and oxygen atoms in total. The Bertz CT molecular complexity index is 1160. The number of carbonyl (C=O) groups is 2. The number of benzene rings is 3. The van der Waals surface area contributed by atoms with Crippen LogP contribution in [0, 0.1) is 0 Å². The Hall–Kier alpha value is -4.07. The van der Waals surface area contributed by atoms with Crippen molar-refractivity contribution in [1.29, 1.82) is 0 Å². The van der Waals surface area contributed by atoms with E-state index in [1.807, 2.05) is 37.3 Å². The highest BCUT2D eigenvalue weighted by Gasteiger charge is 2.13. The number of amides is 1. The maximum absolute atomic E-state index is 12.7. The molecule has 0 heterocycles. The third-order valence-electron chi connectivity index (χ3n) is 4.61. The van der Waals surface area contributed by atoms with E-state index < -0.39 is 11.9 Å². The summed E-state index contributed by atoms with van der Waals surface area (Å²) in [5, 5.41) is 5.95. The highest BCUT2D eigenvalue weighted by molar-refractivity contribution is 6.02. The molecule has 0 aliphatic rings. The number of ether oxygens (including phenoxy) is 4. The first-order valence-corrected chi connectivity index (χ1v) is 10.5. The van der Waals surface area contributed by atoms with E-state index in [1.165, 1.54) is 13.3 Å². The van der Waals surface area contributed by atoms with Crippen molar-refractivity contribution in [1.82, 2.24) is 5.43 Å². The van der Waals surface area contributed by atoms with E-state index in [-0.39, 0.29) is 13.2 Å². The van der Waals surface area contributed by atoms with E-state index in [0.717, 1.165) is 10.8 Å². The topological polar surface area (TPSA) is 95.5 Å². The fourth-order valence-corrected chi connectivity index (χ4v) is 3.12. The molecule has 0 radical (unpaired) electrons. The Kier molecular flexibility index (Phi) is 8.24. The summed E-state index contributed by atoms with van der Waals surface area (Å²) in [6.07, 6.45) is 1.49. The lowest BCUT2D eigenvalue weighted by molar-refractivity contribution is -0.145. The maximum Gasteiger partial charge on any atom is 0.344 e. The highest BCUT2D eigenvalue weighted by Crippen LogP contribution is 2.28. The second-order valence-electron chi connectivity index (χ2n) is 6.83. The lowest BCUT2D eigenvalue weighted by Crippen LogP contribution is -2.18. The van der Waals surface area contributed by atoms with Crippen LogP contribution in [0.3, 0.4) is 0 Å². The average molecular weight is 450 g/mol. The number of hydrogen-bond donors (Lipinski definition) is 1. The van der Waals surface area contributed by atoms with Gasteiger partial charge in [-0.2, -0.15) is 5.10 Å². The summed E-state index contributed by atoms with van der Waals surface area (Å²) in [4.78, 5) is 24.2. The first-order valence-electron chi connectivity index (χ1n) is 10.5. The number of hydrogen-bond acceptors (Lipinski definition) is 7. The molecule has 1 N–H and O–H groups in total. The highest BCUT2D eigenvalue weighted by atomic mass is 16.6. The molecule has 3 aromatic carbocycles. The van der Waals surface area contributed by atoms with Gasteiger partial charge in [-0.15, -0.1) is 0 Å². The summed E-state index contributed by atoms with van der Waals surface area (Å²) < 4.78 is 21.3. The summed E-state index contributed by atoms with van der Waals surface area (Å²) in [6, 6.07) is 16.4. The number of esters is 1. The first kappa shape index (κ1) is 23.6. The molecule has 0 atom stereocenters. The van der Waals surface area contributed by atoms with Gasteiger partial charge in [0.15, 0.2) is 18.1 Å². The fraction of sp³-hybridized carbons (Fsp3) is 0.240. The monoisotopic (exact) mass is 450 g/mol. The van der Waals surface area contributed by atoms with Crippen LogP contribution in [0.4, 0.5) is 0 Å². The van der Waals surface area contributed by atoms with Crippen molar-refractivity contribution in [2.75, 3.05) is 26.9 Å². The van der Waals surface area contributed by atoms with E-state index in [1.54, 1.807) is 31.2 Å². The number of fused-ring (bicyclic) bond motifs is 1. The Morgan fingerprint density at radius 3 is 2.36 bits per heavy atom. The van der Waals surface area contributed by atoms with Crippen molar-refractivity contribution in [2.24, 2.45) is 5.10 Å². The minimum absolute atomic E-state index is 0.217. The second kappa shape index (κ2) is 11.5. The summed E-state index contributed by atoms with van der Waals surface area (Å²) >= 11 is 0. The third-order valence-corrected chi connectivity index (χ3v) is 4.61. The summed E-state index contributed by atoms with van der Waals surface area (Å²) in [5.74, 6) is 0.467. The van der Waals surface area contributed by atoms with Gasteiger partial charge in [-0.05, 0) is 60.5 Å². The van der Waals surface area contributed by atoms with Crippen molar-refractivity contribution in [2.45, 2.75) is 13.8 Å². The van der Waals surface area contributed by atoms with Gasteiger partial charge in [0.05, 0.1) is 32.1 Å². The number of hydrazone groups is 1. The van der Waals surface area contributed by atoms with Gasteiger partial charge in [-0.25, -0.2) is 10.2 Å². The molecular formula is C25H26N2O6. The van der Waals surface area contributed by atoms with Crippen molar-refractivity contribution < 1.29 is 28.5 Å². The predicted octanol–water partition coefficient (Wildman–Crippen LogP) is 3.95. The number of rotatable bonds is 10. The minimum atomic E-state index is -0.461. The molecule has 8 heteroatoms. The van der Waals surface area contributed by atoms with E-state index in [4.69, 9.17) is 18.9 Å². The number of carbonyl (C=O) groups excluding carboxylic acids is 2. The molecule has 0 aliphatic heterocycles. The SMILES string of the molecule is CCOC(=O)COc1ccc(C=NNC(=O)c2cc3ccccc3cc2OC)cc1OCC. The number of nitrogens with one attached hydrogen (secondary N) is 1. The molecule has 1 amide bonds. The molecule has 0 unspecified atom stereocenters. The van der Waals surface area contributed by atoms with Crippen LogP contribution in [0.1, 0.15) is 29.8 Å². The van der Waals surface area contributed by atoms with Crippen molar-refractivity contribution in [3.8, 4) is 17.2 Å². The van der Waals surface area contributed by atoms with Gasteiger partial charge in [-0.1, -0.05) is 24.3 Å². The van der Waals surface area contributed by atoms with Gasteiger partial charge < -0.3 is 18.9 Å².